The Morgan fingerprint density at radius 3 is 2.05 bits per heavy atom. The van der Waals surface area contributed by atoms with Gasteiger partial charge in [0.2, 0.25) is 5.91 Å². The van der Waals surface area contributed by atoms with Gasteiger partial charge >= 0.3 is 0 Å². The summed E-state index contributed by atoms with van der Waals surface area (Å²) in [5, 5.41) is 9.61. The number of rotatable bonds is 5. The normalized spacial score (nSPS) is 24.1. The first-order chi connectivity index (χ1) is 9.02. The molecule has 0 spiro atoms. The van der Waals surface area contributed by atoms with E-state index < -0.39 is 5.41 Å². The first-order valence-electron chi connectivity index (χ1n) is 7.76. The van der Waals surface area contributed by atoms with Crippen molar-refractivity contribution in [1.29, 1.82) is 5.26 Å². The number of hydrogen-bond acceptors (Lipinski definition) is 2. The Hall–Kier alpha value is -1.04. The molecule has 2 unspecified atom stereocenters. The zero-order valence-corrected chi connectivity index (χ0v) is 12.9. The highest BCUT2D eigenvalue weighted by molar-refractivity contribution is 5.86. The van der Waals surface area contributed by atoms with E-state index in [1.165, 1.54) is 6.42 Å². The monoisotopic (exact) mass is 264 g/mol. The average Bonchev–Trinajstić information content (AvgIpc) is 2.38. The van der Waals surface area contributed by atoms with Gasteiger partial charge in [0.15, 0.2) is 0 Å². The Labute approximate surface area is 118 Å². The topological polar surface area (TPSA) is 44.1 Å². The fraction of sp³-hybridized carbons (Fsp3) is 0.875. The number of amides is 1. The molecule has 0 bridgehead atoms. The molecule has 108 valence electrons. The van der Waals surface area contributed by atoms with Crippen LogP contribution in [0.4, 0.5) is 0 Å². The second-order valence-electron chi connectivity index (χ2n) is 6.04. The van der Waals surface area contributed by atoms with Crippen molar-refractivity contribution in [2.45, 2.75) is 84.7 Å². The van der Waals surface area contributed by atoms with E-state index in [1.807, 2.05) is 4.90 Å². The molecule has 0 radical (unpaired) electrons. The third-order valence-corrected chi connectivity index (χ3v) is 4.40. The van der Waals surface area contributed by atoms with Gasteiger partial charge in [-0.2, -0.15) is 5.26 Å². The van der Waals surface area contributed by atoms with Gasteiger partial charge in [0.1, 0.15) is 5.41 Å². The summed E-state index contributed by atoms with van der Waals surface area (Å²) in [5.41, 5.74) is -0.788. The van der Waals surface area contributed by atoms with Gasteiger partial charge in [-0.15, -0.1) is 0 Å². The maximum atomic E-state index is 13.0. The van der Waals surface area contributed by atoms with E-state index in [9.17, 15) is 10.1 Å². The molecule has 0 aromatic heterocycles. The minimum atomic E-state index is -0.788. The highest BCUT2D eigenvalue weighted by Crippen LogP contribution is 2.35. The Kier molecular flexibility index (Phi) is 5.85. The third-order valence-electron chi connectivity index (χ3n) is 4.40. The summed E-state index contributed by atoms with van der Waals surface area (Å²) in [4.78, 5) is 15.0. The van der Waals surface area contributed by atoms with Gasteiger partial charge in [-0.3, -0.25) is 4.79 Å². The molecule has 1 heterocycles. The first kappa shape index (κ1) is 16.0. The summed E-state index contributed by atoms with van der Waals surface area (Å²) in [6, 6.07) is 2.92. The summed E-state index contributed by atoms with van der Waals surface area (Å²) in [5.74, 6) is 0.0819. The van der Waals surface area contributed by atoms with Crippen LogP contribution < -0.4 is 0 Å². The molecule has 1 fully saturated rings. The molecule has 1 rings (SSSR count). The van der Waals surface area contributed by atoms with Gasteiger partial charge < -0.3 is 4.90 Å². The fourth-order valence-electron chi connectivity index (χ4n) is 3.42. The molecule has 0 aromatic rings. The standard InChI is InChI=1S/C16H28N2O/c1-5-10-16(12-17,11-6-2)15(19)18-13(3)8-7-9-14(18)4/h13-14H,5-11H2,1-4H3. The zero-order chi connectivity index (χ0) is 14.5. The third kappa shape index (κ3) is 3.29. The number of nitriles is 1. The van der Waals surface area contributed by atoms with Crippen molar-refractivity contribution >= 4 is 5.91 Å². The van der Waals surface area contributed by atoms with Crippen molar-refractivity contribution in [2.75, 3.05) is 0 Å². The van der Waals surface area contributed by atoms with E-state index in [1.54, 1.807) is 0 Å². The minimum absolute atomic E-state index is 0.0819. The molecule has 1 saturated heterocycles. The van der Waals surface area contributed by atoms with Crippen LogP contribution in [0.5, 0.6) is 0 Å². The van der Waals surface area contributed by atoms with Crippen LogP contribution in [-0.4, -0.2) is 22.9 Å². The SMILES string of the molecule is CCCC(C#N)(CCC)C(=O)N1C(C)CCCC1C. The average molecular weight is 264 g/mol. The van der Waals surface area contributed by atoms with Crippen LogP contribution in [0.25, 0.3) is 0 Å². The van der Waals surface area contributed by atoms with E-state index in [4.69, 9.17) is 0 Å². The number of carbonyl (C=O) groups is 1. The lowest BCUT2D eigenvalue weighted by molar-refractivity contribution is -0.146. The second kappa shape index (κ2) is 6.93. The zero-order valence-electron chi connectivity index (χ0n) is 12.9. The molecule has 0 aliphatic carbocycles. The summed E-state index contributed by atoms with van der Waals surface area (Å²) in [6.07, 6.45) is 6.46. The van der Waals surface area contributed by atoms with Crippen molar-refractivity contribution in [3.63, 3.8) is 0 Å². The van der Waals surface area contributed by atoms with Crippen LogP contribution >= 0.6 is 0 Å². The van der Waals surface area contributed by atoms with Crippen LogP contribution in [0, 0.1) is 16.7 Å². The number of likely N-dealkylation sites (tertiary alicyclic amines) is 1. The molecular weight excluding hydrogens is 236 g/mol. The number of hydrogen-bond donors (Lipinski definition) is 0. The highest BCUT2D eigenvalue weighted by Gasteiger charge is 2.43. The Morgan fingerprint density at radius 2 is 1.68 bits per heavy atom. The second-order valence-corrected chi connectivity index (χ2v) is 6.04. The molecule has 3 heteroatoms. The summed E-state index contributed by atoms with van der Waals surface area (Å²) < 4.78 is 0. The fourth-order valence-corrected chi connectivity index (χ4v) is 3.42. The molecule has 0 saturated carbocycles. The van der Waals surface area contributed by atoms with Crippen LogP contribution in [0.1, 0.15) is 72.6 Å². The van der Waals surface area contributed by atoms with Gasteiger partial charge in [0, 0.05) is 12.1 Å². The van der Waals surface area contributed by atoms with Gasteiger partial charge in [0.25, 0.3) is 0 Å². The summed E-state index contributed by atoms with van der Waals surface area (Å²) >= 11 is 0. The van der Waals surface area contributed by atoms with Gasteiger partial charge in [-0.05, 0) is 46.0 Å². The van der Waals surface area contributed by atoms with Gasteiger partial charge in [-0.25, -0.2) is 0 Å². The predicted octanol–water partition coefficient (Wildman–Crippen LogP) is 3.89. The van der Waals surface area contributed by atoms with E-state index in [-0.39, 0.29) is 18.0 Å². The molecular formula is C16H28N2O. The number of carbonyl (C=O) groups excluding carboxylic acids is 1. The van der Waals surface area contributed by atoms with Crippen LogP contribution in [0.2, 0.25) is 0 Å². The Bertz CT molecular complexity index is 329. The van der Waals surface area contributed by atoms with Gasteiger partial charge in [0.05, 0.1) is 6.07 Å². The molecule has 0 aromatic carbocycles. The molecule has 0 N–H and O–H groups in total. The Morgan fingerprint density at radius 1 is 1.21 bits per heavy atom. The maximum absolute atomic E-state index is 13.0. The summed E-state index contributed by atoms with van der Waals surface area (Å²) in [6.45, 7) is 8.34. The smallest absolute Gasteiger partial charge is 0.243 e. The van der Waals surface area contributed by atoms with E-state index in [0.29, 0.717) is 12.8 Å². The van der Waals surface area contributed by atoms with E-state index in [2.05, 4.69) is 33.8 Å². The summed E-state index contributed by atoms with van der Waals surface area (Å²) in [7, 11) is 0. The van der Waals surface area contributed by atoms with E-state index in [0.717, 1.165) is 25.7 Å². The first-order valence-corrected chi connectivity index (χ1v) is 7.76. The molecule has 1 aliphatic heterocycles. The lowest BCUT2D eigenvalue weighted by Crippen LogP contribution is -2.53. The predicted molar refractivity (Wildman–Crippen MR) is 77.5 cm³/mol. The Balaban J connectivity index is 3.01. The van der Waals surface area contributed by atoms with Crippen molar-refractivity contribution in [2.24, 2.45) is 5.41 Å². The maximum Gasteiger partial charge on any atom is 0.243 e. The molecule has 3 nitrogen and oxygen atoms in total. The lowest BCUT2D eigenvalue weighted by atomic mass is 9.78. The minimum Gasteiger partial charge on any atom is -0.336 e. The molecule has 2 atom stereocenters. The van der Waals surface area contributed by atoms with Crippen molar-refractivity contribution in [3.8, 4) is 6.07 Å². The molecule has 1 aliphatic rings. The van der Waals surface area contributed by atoms with Crippen LogP contribution in [-0.2, 0) is 4.79 Å². The quantitative estimate of drug-likeness (QED) is 0.756. The van der Waals surface area contributed by atoms with Gasteiger partial charge in [-0.1, -0.05) is 26.7 Å². The highest BCUT2D eigenvalue weighted by atomic mass is 16.2. The van der Waals surface area contributed by atoms with Crippen LogP contribution in [0.3, 0.4) is 0 Å². The molecule has 19 heavy (non-hydrogen) atoms. The largest absolute Gasteiger partial charge is 0.336 e. The number of nitrogens with zero attached hydrogens (tertiary/aromatic N) is 2. The van der Waals surface area contributed by atoms with Crippen LogP contribution in [0.15, 0.2) is 0 Å². The van der Waals surface area contributed by atoms with E-state index >= 15 is 0 Å². The van der Waals surface area contributed by atoms with Crippen molar-refractivity contribution < 1.29 is 4.79 Å². The van der Waals surface area contributed by atoms with Crippen molar-refractivity contribution in [1.82, 2.24) is 4.90 Å². The number of piperidine rings is 1. The molecule has 1 amide bonds. The van der Waals surface area contributed by atoms with Crippen molar-refractivity contribution in [3.05, 3.63) is 0 Å². The lowest BCUT2D eigenvalue weighted by Gasteiger charge is -2.43.